The van der Waals surface area contributed by atoms with E-state index >= 15 is 0 Å². The maximum absolute atomic E-state index is 11.3. The van der Waals surface area contributed by atoms with Gasteiger partial charge in [-0.1, -0.05) is 18.5 Å². The molecular weight excluding hydrogens is 320 g/mol. The van der Waals surface area contributed by atoms with Crippen molar-refractivity contribution in [2.45, 2.75) is 19.4 Å². The number of nitrogens with two attached hydrogens (primary N) is 1. The SMILES string of the molecule is CC[C@H](N)CNc1cc(C(=O)O)nc(-c2cc(Cl)ccc2O)n1. The van der Waals surface area contributed by atoms with Crippen LogP contribution in [0.2, 0.25) is 5.02 Å². The summed E-state index contributed by atoms with van der Waals surface area (Å²) in [4.78, 5) is 19.4. The highest BCUT2D eigenvalue weighted by Crippen LogP contribution is 2.30. The van der Waals surface area contributed by atoms with Crippen LogP contribution >= 0.6 is 11.6 Å². The lowest BCUT2D eigenvalue weighted by atomic mass is 10.2. The van der Waals surface area contributed by atoms with Crippen molar-refractivity contribution in [1.82, 2.24) is 9.97 Å². The van der Waals surface area contributed by atoms with E-state index in [2.05, 4.69) is 15.3 Å². The van der Waals surface area contributed by atoms with Crippen molar-refractivity contribution in [2.75, 3.05) is 11.9 Å². The Hall–Kier alpha value is -2.38. The molecule has 2 aromatic rings. The topological polar surface area (TPSA) is 121 Å². The molecule has 0 spiro atoms. The zero-order valence-corrected chi connectivity index (χ0v) is 13.2. The van der Waals surface area contributed by atoms with Crippen LogP contribution in [-0.4, -0.2) is 38.7 Å². The van der Waals surface area contributed by atoms with E-state index in [1.165, 1.54) is 24.3 Å². The van der Waals surface area contributed by atoms with Crippen molar-refractivity contribution in [1.29, 1.82) is 0 Å². The molecule has 0 aliphatic carbocycles. The second kappa shape index (κ2) is 7.26. The van der Waals surface area contributed by atoms with Crippen molar-refractivity contribution in [3.63, 3.8) is 0 Å². The van der Waals surface area contributed by atoms with Gasteiger partial charge in [-0.3, -0.25) is 0 Å². The fourth-order valence-electron chi connectivity index (χ4n) is 1.84. The molecule has 0 unspecified atom stereocenters. The average molecular weight is 337 g/mol. The first-order valence-electron chi connectivity index (χ1n) is 7.01. The normalized spacial score (nSPS) is 12.0. The molecule has 7 nitrogen and oxygen atoms in total. The van der Waals surface area contributed by atoms with E-state index in [0.717, 1.165) is 6.42 Å². The first-order chi connectivity index (χ1) is 10.9. The highest BCUT2D eigenvalue weighted by atomic mass is 35.5. The minimum absolute atomic E-state index is 0.0671. The number of aromatic hydroxyl groups is 1. The number of carbonyl (C=O) groups is 1. The molecule has 0 amide bonds. The van der Waals surface area contributed by atoms with Gasteiger partial charge in [0.25, 0.3) is 0 Å². The standard InChI is InChI=1S/C15H17ClN4O3/c1-2-9(17)7-18-13-6-11(15(22)23)19-14(20-13)10-5-8(16)3-4-12(10)21/h3-6,9,21H,2,7,17H2,1H3,(H,22,23)(H,18,19,20)/t9-/m0/s1. The Bertz CT molecular complexity index is 724. The summed E-state index contributed by atoms with van der Waals surface area (Å²) in [6.07, 6.45) is 0.770. The fraction of sp³-hybridized carbons (Fsp3) is 0.267. The van der Waals surface area contributed by atoms with E-state index in [1.54, 1.807) is 0 Å². The van der Waals surface area contributed by atoms with Gasteiger partial charge >= 0.3 is 5.97 Å². The third-order valence-corrected chi connectivity index (χ3v) is 3.45. The number of rotatable bonds is 6. The second-order valence-corrected chi connectivity index (χ2v) is 5.41. The van der Waals surface area contributed by atoms with Gasteiger partial charge in [0, 0.05) is 23.7 Å². The molecule has 1 atom stereocenters. The summed E-state index contributed by atoms with van der Waals surface area (Å²) in [6, 6.07) is 5.62. The molecule has 0 aliphatic rings. The number of hydrogen-bond acceptors (Lipinski definition) is 6. The van der Waals surface area contributed by atoms with Crippen LogP contribution in [0.15, 0.2) is 24.3 Å². The number of benzene rings is 1. The number of nitrogens with zero attached hydrogens (tertiary/aromatic N) is 2. The van der Waals surface area contributed by atoms with Crippen molar-refractivity contribution >= 4 is 23.4 Å². The predicted octanol–water partition coefficient (Wildman–Crippen LogP) is 2.35. The monoisotopic (exact) mass is 336 g/mol. The number of phenolic OH excluding ortho intramolecular Hbond substituents is 1. The number of aromatic carboxylic acids is 1. The molecule has 0 saturated heterocycles. The summed E-state index contributed by atoms with van der Waals surface area (Å²) >= 11 is 5.92. The number of carboxylic acid groups (broad SMARTS) is 1. The van der Waals surface area contributed by atoms with Crippen LogP contribution in [0.4, 0.5) is 5.82 Å². The second-order valence-electron chi connectivity index (χ2n) is 4.98. The van der Waals surface area contributed by atoms with Gasteiger partial charge in [0.1, 0.15) is 11.6 Å². The van der Waals surface area contributed by atoms with E-state index < -0.39 is 5.97 Å². The molecule has 5 N–H and O–H groups in total. The molecule has 0 radical (unpaired) electrons. The quantitative estimate of drug-likeness (QED) is 0.638. The average Bonchev–Trinajstić information content (AvgIpc) is 2.54. The Labute approximate surface area is 138 Å². The molecule has 0 aliphatic heterocycles. The van der Waals surface area contributed by atoms with Crippen LogP contribution in [0.25, 0.3) is 11.4 Å². The highest BCUT2D eigenvalue weighted by molar-refractivity contribution is 6.30. The molecule has 1 aromatic heterocycles. The summed E-state index contributed by atoms with van der Waals surface area (Å²) in [7, 11) is 0. The van der Waals surface area contributed by atoms with Crippen LogP contribution in [-0.2, 0) is 0 Å². The summed E-state index contributed by atoms with van der Waals surface area (Å²) in [5.41, 5.74) is 5.89. The summed E-state index contributed by atoms with van der Waals surface area (Å²) < 4.78 is 0. The van der Waals surface area contributed by atoms with Crippen LogP contribution in [0, 0.1) is 0 Å². The molecule has 0 bridgehead atoms. The number of carboxylic acids is 1. The first kappa shape index (κ1) is 17.0. The summed E-state index contributed by atoms with van der Waals surface area (Å²) in [5, 5.41) is 22.5. The van der Waals surface area contributed by atoms with Gasteiger partial charge in [-0.15, -0.1) is 0 Å². The maximum Gasteiger partial charge on any atom is 0.354 e. The Morgan fingerprint density at radius 2 is 2.13 bits per heavy atom. The molecule has 23 heavy (non-hydrogen) atoms. The van der Waals surface area contributed by atoms with Gasteiger partial charge in [0.05, 0.1) is 5.56 Å². The zero-order valence-electron chi connectivity index (χ0n) is 12.5. The molecule has 0 fully saturated rings. The van der Waals surface area contributed by atoms with E-state index in [-0.39, 0.29) is 28.9 Å². The molecule has 122 valence electrons. The van der Waals surface area contributed by atoms with E-state index in [0.29, 0.717) is 17.4 Å². The van der Waals surface area contributed by atoms with E-state index in [9.17, 15) is 15.0 Å². The summed E-state index contributed by atoms with van der Waals surface area (Å²) in [5.74, 6) is -0.903. The van der Waals surface area contributed by atoms with Gasteiger partial charge in [-0.25, -0.2) is 14.8 Å². The number of aromatic nitrogens is 2. The molecular formula is C15H17ClN4O3. The van der Waals surface area contributed by atoms with Gasteiger partial charge in [0.2, 0.25) is 0 Å². The first-order valence-corrected chi connectivity index (χ1v) is 7.39. The number of nitrogens with one attached hydrogen (secondary N) is 1. The maximum atomic E-state index is 11.3. The number of halogens is 1. The Morgan fingerprint density at radius 1 is 1.39 bits per heavy atom. The molecule has 2 rings (SSSR count). The number of anilines is 1. The molecule has 1 aromatic carbocycles. The van der Waals surface area contributed by atoms with E-state index in [4.69, 9.17) is 17.3 Å². The Morgan fingerprint density at radius 3 is 2.78 bits per heavy atom. The lowest BCUT2D eigenvalue weighted by molar-refractivity contribution is 0.0690. The smallest absolute Gasteiger partial charge is 0.354 e. The number of hydrogen-bond donors (Lipinski definition) is 4. The Balaban J connectivity index is 2.44. The van der Waals surface area contributed by atoms with Gasteiger partial charge < -0.3 is 21.3 Å². The third-order valence-electron chi connectivity index (χ3n) is 3.21. The van der Waals surface area contributed by atoms with Gasteiger partial charge in [-0.2, -0.15) is 0 Å². The van der Waals surface area contributed by atoms with Crippen LogP contribution in [0.1, 0.15) is 23.8 Å². The molecule has 8 heteroatoms. The predicted molar refractivity (Wildman–Crippen MR) is 87.9 cm³/mol. The lowest BCUT2D eigenvalue weighted by Gasteiger charge is -2.12. The van der Waals surface area contributed by atoms with Crippen molar-refractivity contribution < 1.29 is 15.0 Å². The highest BCUT2D eigenvalue weighted by Gasteiger charge is 2.15. The fourth-order valence-corrected chi connectivity index (χ4v) is 2.01. The third kappa shape index (κ3) is 4.30. The van der Waals surface area contributed by atoms with Crippen molar-refractivity contribution in [3.8, 4) is 17.1 Å². The van der Waals surface area contributed by atoms with E-state index in [1.807, 2.05) is 6.92 Å². The minimum atomic E-state index is -1.20. The molecule has 1 heterocycles. The van der Waals surface area contributed by atoms with Crippen LogP contribution < -0.4 is 11.1 Å². The van der Waals surface area contributed by atoms with Crippen LogP contribution in [0.3, 0.4) is 0 Å². The van der Waals surface area contributed by atoms with Gasteiger partial charge in [0.15, 0.2) is 11.5 Å². The van der Waals surface area contributed by atoms with Crippen molar-refractivity contribution in [3.05, 3.63) is 35.0 Å². The Kier molecular flexibility index (Phi) is 5.36. The van der Waals surface area contributed by atoms with Gasteiger partial charge in [-0.05, 0) is 24.6 Å². The lowest BCUT2D eigenvalue weighted by Crippen LogP contribution is -2.28. The van der Waals surface area contributed by atoms with Crippen LogP contribution in [0.5, 0.6) is 5.75 Å². The largest absolute Gasteiger partial charge is 0.507 e. The zero-order chi connectivity index (χ0) is 17.0. The van der Waals surface area contributed by atoms with Crippen molar-refractivity contribution in [2.24, 2.45) is 5.73 Å². The number of phenols is 1. The summed E-state index contributed by atoms with van der Waals surface area (Å²) in [6.45, 7) is 2.39. The molecule has 0 saturated carbocycles. The minimum Gasteiger partial charge on any atom is -0.507 e.